The lowest BCUT2D eigenvalue weighted by atomic mass is 10.1. The van der Waals surface area contributed by atoms with Crippen LogP contribution in [0, 0.1) is 5.82 Å². The smallest absolute Gasteiger partial charge is 0.256 e. The number of amides is 1. The Morgan fingerprint density at radius 3 is 2.57 bits per heavy atom. The Morgan fingerprint density at radius 1 is 1.22 bits per heavy atom. The Labute approximate surface area is 139 Å². The minimum absolute atomic E-state index is 0.0623. The predicted molar refractivity (Wildman–Crippen MR) is 86.8 cm³/mol. The van der Waals surface area contributed by atoms with Crippen LogP contribution in [0.1, 0.15) is 28.9 Å². The van der Waals surface area contributed by atoms with E-state index in [2.05, 4.69) is 5.32 Å². The van der Waals surface area contributed by atoms with Gasteiger partial charge in [0, 0.05) is 5.56 Å². The van der Waals surface area contributed by atoms with Gasteiger partial charge in [0.2, 0.25) is 0 Å². The van der Waals surface area contributed by atoms with E-state index in [4.69, 9.17) is 21.1 Å². The second-order valence-electron chi connectivity index (χ2n) is 4.90. The van der Waals surface area contributed by atoms with Crippen LogP contribution in [0.2, 0.25) is 5.02 Å². The number of hydrogen-bond acceptors (Lipinski definition) is 3. The van der Waals surface area contributed by atoms with Crippen molar-refractivity contribution in [3.63, 3.8) is 0 Å². The minimum Gasteiger partial charge on any atom is -0.497 e. The molecule has 0 spiro atoms. The summed E-state index contributed by atoms with van der Waals surface area (Å²) < 4.78 is 24.3. The van der Waals surface area contributed by atoms with Crippen LogP contribution in [0.25, 0.3) is 0 Å². The number of carbonyl (C=O) groups is 1. The first-order valence-corrected chi connectivity index (χ1v) is 7.32. The van der Waals surface area contributed by atoms with Gasteiger partial charge in [-0.25, -0.2) is 4.39 Å². The monoisotopic (exact) mass is 337 g/mol. The SMILES string of the molecule is COc1ccc(OC)c([C@@H](C)NC(=O)c2c(F)cccc2Cl)c1. The molecular weight excluding hydrogens is 321 g/mol. The molecule has 122 valence electrons. The molecule has 0 saturated heterocycles. The van der Waals surface area contributed by atoms with E-state index in [0.29, 0.717) is 17.1 Å². The quantitative estimate of drug-likeness (QED) is 0.897. The second-order valence-corrected chi connectivity index (χ2v) is 5.31. The van der Waals surface area contributed by atoms with E-state index < -0.39 is 17.8 Å². The van der Waals surface area contributed by atoms with E-state index in [9.17, 15) is 9.18 Å². The van der Waals surface area contributed by atoms with Crippen LogP contribution in [0.4, 0.5) is 4.39 Å². The van der Waals surface area contributed by atoms with Crippen molar-refractivity contribution in [3.05, 3.63) is 58.4 Å². The fourth-order valence-electron chi connectivity index (χ4n) is 2.24. The molecule has 4 nitrogen and oxygen atoms in total. The third-order valence-corrected chi connectivity index (χ3v) is 3.76. The van der Waals surface area contributed by atoms with E-state index in [-0.39, 0.29) is 10.6 Å². The van der Waals surface area contributed by atoms with Gasteiger partial charge in [0.05, 0.1) is 30.8 Å². The Hall–Kier alpha value is -2.27. The van der Waals surface area contributed by atoms with E-state index >= 15 is 0 Å². The summed E-state index contributed by atoms with van der Waals surface area (Å²) in [6.07, 6.45) is 0. The third-order valence-electron chi connectivity index (χ3n) is 3.44. The summed E-state index contributed by atoms with van der Waals surface area (Å²) in [5, 5.41) is 2.78. The molecular formula is C17H17ClFNO3. The standard InChI is InChI=1S/C17H17ClFNO3/c1-10(12-9-11(22-2)7-8-15(12)23-3)20-17(21)16-13(18)5-4-6-14(16)19/h4-10H,1-3H3,(H,20,21)/t10-/m1/s1. The van der Waals surface area contributed by atoms with Crippen molar-refractivity contribution in [2.45, 2.75) is 13.0 Å². The lowest BCUT2D eigenvalue weighted by Gasteiger charge is -2.18. The summed E-state index contributed by atoms with van der Waals surface area (Å²) in [7, 11) is 3.08. The van der Waals surface area contributed by atoms with Gasteiger partial charge in [-0.2, -0.15) is 0 Å². The zero-order valence-corrected chi connectivity index (χ0v) is 13.8. The number of nitrogens with one attached hydrogen (secondary N) is 1. The molecule has 2 aromatic rings. The van der Waals surface area contributed by atoms with Crippen molar-refractivity contribution < 1.29 is 18.7 Å². The fraction of sp³-hybridized carbons (Fsp3) is 0.235. The molecule has 2 rings (SSSR count). The number of hydrogen-bond donors (Lipinski definition) is 1. The minimum atomic E-state index is -0.667. The van der Waals surface area contributed by atoms with Gasteiger partial charge in [-0.1, -0.05) is 17.7 Å². The largest absolute Gasteiger partial charge is 0.497 e. The summed E-state index contributed by atoms with van der Waals surface area (Å²) >= 11 is 5.91. The van der Waals surface area contributed by atoms with Crippen LogP contribution in [0.5, 0.6) is 11.5 Å². The van der Waals surface area contributed by atoms with Crippen LogP contribution < -0.4 is 14.8 Å². The molecule has 0 radical (unpaired) electrons. The number of benzene rings is 2. The molecule has 0 aliphatic heterocycles. The van der Waals surface area contributed by atoms with Crippen molar-refractivity contribution >= 4 is 17.5 Å². The Morgan fingerprint density at radius 2 is 1.96 bits per heavy atom. The normalized spacial score (nSPS) is 11.7. The molecule has 0 aliphatic carbocycles. The summed E-state index contributed by atoms with van der Waals surface area (Å²) in [6, 6.07) is 8.93. The third kappa shape index (κ3) is 3.74. The molecule has 0 fully saturated rings. The number of carbonyl (C=O) groups excluding carboxylic acids is 1. The van der Waals surface area contributed by atoms with Gasteiger partial charge in [0.15, 0.2) is 0 Å². The van der Waals surface area contributed by atoms with E-state index in [0.717, 1.165) is 0 Å². The zero-order chi connectivity index (χ0) is 17.0. The zero-order valence-electron chi connectivity index (χ0n) is 13.0. The first-order valence-electron chi connectivity index (χ1n) is 6.94. The number of ether oxygens (including phenoxy) is 2. The van der Waals surface area contributed by atoms with Gasteiger partial charge in [-0.3, -0.25) is 4.79 Å². The predicted octanol–water partition coefficient (Wildman–Crippen LogP) is 3.99. The van der Waals surface area contributed by atoms with Crippen molar-refractivity contribution in [1.82, 2.24) is 5.32 Å². The first-order chi connectivity index (χ1) is 11.0. The molecule has 23 heavy (non-hydrogen) atoms. The fourth-order valence-corrected chi connectivity index (χ4v) is 2.49. The molecule has 0 aromatic heterocycles. The maximum Gasteiger partial charge on any atom is 0.256 e. The average molecular weight is 338 g/mol. The highest BCUT2D eigenvalue weighted by atomic mass is 35.5. The molecule has 1 amide bonds. The van der Waals surface area contributed by atoms with E-state index in [1.165, 1.54) is 25.3 Å². The molecule has 1 N–H and O–H groups in total. The van der Waals surface area contributed by atoms with Crippen molar-refractivity contribution in [2.24, 2.45) is 0 Å². The molecule has 0 bridgehead atoms. The topological polar surface area (TPSA) is 47.6 Å². The maximum atomic E-state index is 13.8. The van der Waals surface area contributed by atoms with Crippen LogP contribution in [-0.2, 0) is 0 Å². The van der Waals surface area contributed by atoms with Gasteiger partial charge >= 0.3 is 0 Å². The highest BCUT2D eigenvalue weighted by Crippen LogP contribution is 2.30. The lowest BCUT2D eigenvalue weighted by molar-refractivity contribution is 0.0935. The Kier molecular flexibility index (Phi) is 5.45. The van der Waals surface area contributed by atoms with Gasteiger partial charge in [0.25, 0.3) is 5.91 Å². The molecule has 1 atom stereocenters. The summed E-state index contributed by atoms with van der Waals surface area (Å²) in [6.45, 7) is 1.77. The summed E-state index contributed by atoms with van der Waals surface area (Å²) in [5.74, 6) is -0.0330. The molecule has 0 heterocycles. The van der Waals surface area contributed by atoms with Crippen LogP contribution in [-0.4, -0.2) is 20.1 Å². The number of halogens is 2. The Bertz CT molecular complexity index is 701. The second kappa shape index (κ2) is 7.33. The van der Waals surface area contributed by atoms with Gasteiger partial charge < -0.3 is 14.8 Å². The van der Waals surface area contributed by atoms with Crippen LogP contribution in [0.15, 0.2) is 36.4 Å². The summed E-state index contributed by atoms with van der Waals surface area (Å²) in [4.78, 5) is 12.3. The molecule has 0 saturated carbocycles. The van der Waals surface area contributed by atoms with Crippen molar-refractivity contribution in [3.8, 4) is 11.5 Å². The molecule has 0 unspecified atom stereocenters. The Balaban J connectivity index is 2.28. The molecule has 6 heteroatoms. The molecule has 0 aliphatic rings. The lowest BCUT2D eigenvalue weighted by Crippen LogP contribution is -2.28. The molecule has 2 aromatic carbocycles. The number of methoxy groups -OCH3 is 2. The maximum absolute atomic E-state index is 13.8. The average Bonchev–Trinajstić information content (AvgIpc) is 2.53. The highest BCUT2D eigenvalue weighted by molar-refractivity contribution is 6.33. The summed E-state index contributed by atoms with van der Waals surface area (Å²) in [5.41, 5.74) is 0.538. The highest BCUT2D eigenvalue weighted by Gasteiger charge is 2.20. The van der Waals surface area contributed by atoms with E-state index in [1.807, 2.05) is 0 Å². The van der Waals surface area contributed by atoms with Crippen molar-refractivity contribution in [2.75, 3.05) is 14.2 Å². The number of rotatable bonds is 5. The van der Waals surface area contributed by atoms with Gasteiger partial charge in [0.1, 0.15) is 17.3 Å². The first kappa shape index (κ1) is 17.1. The van der Waals surface area contributed by atoms with Crippen LogP contribution in [0.3, 0.4) is 0 Å². The van der Waals surface area contributed by atoms with Crippen LogP contribution >= 0.6 is 11.6 Å². The van der Waals surface area contributed by atoms with Gasteiger partial charge in [-0.15, -0.1) is 0 Å². The van der Waals surface area contributed by atoms with Crippen molar-refractivity contribution in [1.29, 1.82) is 0 Å². The van der Waals surface area contributed by atoms with Gasteiger partial charge in [-0.05, 0) is 37.3 Å². The van der Waals surface area contributed by atoms with E-state index in [1.54, 1.807) is 32.2 Å².